The SMILES string of the molecule is CCOCC1CCN(C(=NC)NCCCNC(=O)c2occc2C)C1. The van der Waals surface area contributed by atoms with Gasteiger partial charge in [0.15, 0.2) is 11.7 Å². The van der Waals surface area contributed by atoms with Gasteiger partial charge in [-0.1, -0.05) is 0 Å². The molecule has 7 heteroatoms. The van der Waals surface area contributed by atoms with E-state index in [1.165, 1.54) is 6.26 Å². The summed E-state index contributed by atoms with van der Waals surface area (Å²) in [6.07, 6.45) is 3.49. The van der Waals surface area contributed by atoms with Crippen LogP contribution in [0.15, 0.2) is 21.7 Å². The van der Waals surface area contributed by atoms with E-state index in [1.807, 2.05) is 13.8 Å². The molecule has 1 aromatic rings. The van der Waals surface area contributed by atoms with Gasteiger partial charge in [-0.15, -0.1) is 0 Å². The van der Waals surface area contributed by atoms with Crippen molar-refractivity contribution in [2.75, 3.05) is 46.4 Å². The number of furan rings is 1. The molecule has 1 atom stereocenters. The first-order valence-corrected chi connectivity index (χ1v) is 9.01. The van der Waals surface area contributed by atoms with Crippen molar-refractivity contribution in [3.63, 3.8) is 0 Å². The van der Waals surface area contributed by atoms with E-state index in [1.54, 1.807) is 13.1 Å². The van der Waals surface area contributed by atoms with Crippen molar-refractivity contribution >= 4 is 11.9 Å². The van der Waals surface area contributed by atoms with E-state index >= 15 is 0 Å². The molecule has 1 saturated heterocycles. The van der Waals surface area contributed by atoms with Crippen LogP contribution in [-0.4, -0.2) is 63.2 Å². The third-order valence-corrected chi connectivity index (χ3v) is 4.35. The normalized spacial score (nSPS) is 17.8. The zero-order valence-corrected chi connectivity index (χ0v) is 15.5. The van der Waals surface area contributed by atoms with Gasteiger partial charge in [-0.2, -0.15) is 0 Å². The molecule has 2 rings (SSSR count). The molecule has 0 radical (unpaired) electrons. The van der Waals surface area contributed by atoms with Gasteiger partial charge in [0.05, 0.1) is 12.9 Å². The zero-order valence-electron chi connectivity index (χ0n) is 15.5. The molecule has 1 aliphatic rings. The lowest BCUT2D eigenvalue weighted by Gasteiger charge is -2.21. The summed E-state index contributed by atoms with van der Waals surface area (Å²) in [6, 6.07) is 1.79. The molecule has 2 heterocycles. The average Bonchev–Trinajstić information content (AvgIpc) is 3.25. The van der Waals surface area contributed by atoms with E-state index in [2.05, 4.69) is 20.5 Å². The fourth-order valence-electron chi connectivity index (χ4n) is 2.95. The van der Waals surface area contributed by atoms with E-state index in [9.17, 15) is 4.79 Å². The number of amides is 1. The highest BCUT2D eigenvalue weighted by molar-refractivity contribution is 5.92. The minimum atomic E-state index is -0.162. The Balaban J connectivity index is 1.63. The molecule has 1 fully saturated rings. The van der Waals surface area contributed by atoms with Crippen LogP contribution in [0.4, 0.5) is 0 Å². The molecule has 0 bridgehead atoms. The maximum absolute atomic E-state index is 11.9. The van der Waals surface area contributed by atoms with Crippen molar-refractivity contribution in [2.24, 2.45) is 10.9 Å². The van der Waals surface area contributed by atoms with Crippen LogP contribution in [0.5, 0.6) is 0 Å². The molecule has 0 aromatic carbocycles. The lowest BCUT2D eigenvalue weighted by atomic mass is 10.1. The molecule has 1 unspecified atom stereocenters. The maximum Gasteiger partial charge on any atom is 0.287 e. The number of guanidine groups is 1. The highest BCUT2D eigenvalue weighted by Crippen LogP contribution is 2.16. The molecule has 2 N–H and O–H groups in total. The number of aryl methyl sites for hydroxylation is 1. The van der Waals surface area contributed by atoms with Crippen LogP contribution >= 0.6 is 0 Å². The van der Waals surface area contributed by atoms with E-state index in [4.69, 9.17) is 9.15 Å². The summed E-state index contributed by atoms with van der Waals surface area (Å²) < 4.78 is 10.7. The standard InChI is InChI=1S/C18H30N4O3/c1-4-24-13-15-6-10-22(12-15)18(19-3)21-9-5-8-20-17(23)16-14(2)7-11-25-16/h7,11,15H,4-6,8-10,12-13H2,1-3H3,(H,19,21)(H,20,23). The van der Waals surface area contributed by atoms with Gasteiger partial charge in [0.2, 0.25) is 0 Å². The Morgan fingerprint density at radius 1 is 1.44 bits per heavy atom. The molecule has 25 heavy (non-hydrogen) atoms. The Morgan fingerprint density at radius 2 is 2.24 bits per heavy atom. The van der Waals surface area contributed by atoms with E-state index in [0.29, 0.717) is 18.2 Å². The Kier molecular flexibility index (Phi) is 7.78. The van der Waals surface area contributed by atoms with E-state index in [0.717, 1.165) is 57.2 Å². The van der Waals surface area contributed by atoms with Crippen molar-refractivity contribution in [2.45, 2.75) is 26.7 Å². The van der Waals surface area contributed by atoms with Gasteiger partial charge >= 0.3 is 0 Å². The second-order valence-electron chi connectivity index (χ2n) is 6.28. The van der Waals surface area contributed by atoms with Crippen molar-refractivity contribution in [3.05, 3.63) is 23.7 Å². The quantitative estimate of drug-likeness (QED) is 0.423. The smallest absolute Gasteiger partial charge is 0.287 e. The molecule has 1 amide bonds. The van der Waals surface area contributed by atoms with Gasteiger partial charge in [-0.05, 0) is 32.8 Å². The van der Waals surface area contributed by atoms with Gasteiger partial charge in [0.25, 0.3) is 5.91 Å². The van der Waals surface area contributed by atoms with Crippen molar-refractivity contribution < 1.29 is 13.9 Å². The van der Waals surface area contributed by atoms with E-state index in [-0.39, 0.29) is 5.91 Å². The van der Waals surface area contributed by atoms with Gasteiger partial charge in [0, 0.05) is 51.3 Å². The lowest BCUT2D eigenvalue weighted by Crippen LogP contribution is -2.41. The second-order valence-corrected chi connectivity index (χ2v) is 6.28. The topological polar surface area (TPSA) is 79.1 Å². The number of carbonyl (C=O) groups is 1. The Hall–Kier alpha value is -2.02. The van der Waals surface area contributed by atoms with Gasteiger partial charge in [0.1, 0.15) is 0 Å². The number of hydrogen-bond donors (Lipinski definition) is 2. The summed E-state index contributed by atoms with van der Waals surface area (Å²) in [5, 5.41) is 6.24. The molecule has 7 nitrogen and oxygen atoms in total. The minimum absolute atomic E-state index is 0.162. The number of nitrogens with one attached hydrogen (secondary N) is 2. The van der Waals surface area contributed by atoms with E-state index < -0.39 is 0 Å². The molecular weight excluding hydrogens is 320 g/mol. The predicted octanol–water partition coefficient (Wildman–Crippen LogP) is 1.64. The molecule has 0 aliphatic carbocycles. The third-order valence-electron chi connectivity index (χ3n) is 4.35. The fourth-order valence-corrected chi connectivity index (χ4v) is 2.95. The van der Waals surface area contributed by atoms with Crippen LogP contribution in [0.1, 0.15) is 35.9 Å². The third kappa shape index (κ3) is 5.77. The minimum Gasteiger partial charge on any atom is -0.459 e. The molecule has 1 aromatic heterocycles. The Labute approximate surface area is 149 Å². The molecule has 1 aliphatic heterocycles. The first-order chi connectivity index (χ1) is 12.2. The van der Waals surface area contributed by atoms with Crippen LogP contribution < -0.4 is 10.6 Å². The average molecular weight is 350 g/mol. The number of ether oxygens (including phenoxy) is 1. The lowest BCUT2D eigenvalue weighted by molar-refractivity contribution is 0.0925. The van der Waals surface area contributed by atoms with Gasteiger partial charge in [-0.25, -0.2) is 0 Å². The highest BCUT2D eigenvalue weighted by Gasteiger charge is 2.24. The summed E-state index contributed by atoms with van der Waals surface area (Å²) in [6.45, 7) is 8.82. The van der Waals surface area contributed by atoms with Crippen molar-refractivity contribution in [3.8, 4) is 0 Å². The number of likely N-dealkylation sites (tertiary alicyclic amines) is 1. The van der Waals surface area contributed by atoms with Crippen LogP contribution in [0.2, 0.25) is 0 Å². The van der Waals surface area contributed by atoms with Gasteiger partial charge in [-0.3, -0.25) is 9.79 Å². The van der Waals surface area contributed by atoms with Crippen LogP contribution in [0.25, 0.3) is 0 Å². The monoisotopic (exact) mass is 350 g/mol. The summed E-state index contributed by atoms with van der Waals surface area (Å²) in [5.74, 6) is 1.73. The summed E-state index contributed by atoms with van der Waals surface area (Å²) in [4.78, 5) is 18.6. The maximum atomic E-state index is 11.9. The Morgan fingerprint density at radius 3 is 2.92 bits per heavy atom. The highest BCUT2D eigenvalue weighted by atomic mass is 16.5. The van der Waals surface area contributed by atoms with Crippen LogP contribution in [-0.2, 0) is 4.74 Å². The van der Waals surface area contributed by atoms with Gasteiger partial charge < -0.3 is 24.7 Å². The molecule has 140 valence electrons. The largest absolute Gasteiger partial charge is 0.459 e. The second kappa shape index (κ2) is 10.1. The fraction of sp³-hybridized carbons (Fsp3) is 0.667. The summed E-state index contributed by atoms with van der Waals surface area (Å²) >= 11 is 0. The summed E-state index contributed by atoms with van der Waals surface area (Å²) in [7, 11) is 1.81. The number of hydrogen-bond acceptors (Lipinski definition) is 4. The van der Waals surface area contributed by atoms with Crippen molar-refractivity contribution in [1.29, 1.82) is 0 Å². The first-order valence-electron chi connectivity index (χ1n) is 9.01. The number of nitrogens with zero attached hydrogens (tertiary/aromatic N) is 2. The molecule has 0 spiro atoms. The molecule has 0 saturated carbocycles. The first kappa shape index (κ1) is 19.3. The zero-order chi connectivity index (χ0) is 18.1. The van der Waals surface area contributed by atoms with Crippen LogP contribution in [0.3, 0.4) is 0 Å². The number of aliphatic imine (C=N–C) groups is 1. The number of rotatable bonds is 8. The van der Waals surface area contributed by atoms with Crippen molar-refractivity contribution in [1.82, 2.24) is 15.5 Å². The van der Waals surface area contributed by atoms with Crippen LogP contribution in [0, 0.1) is 12.8 Å². The molecular formula is C18H30N4O3. The summed E-state index contributed by atoms with van der Waals surface area (Å²) in [5.41, 5.74) is 0.853. The number of carbonyl (C=O) groups excluding carboxylic acids is 1. The Bertz CT molecular complexity index is 570. The predicted molar refractivity (Wildman–Crippen MR) is 97.9 cm³/mol.